The highest BCUT2D eigenvalue weighted by molar-refractivity contribution is 5.84. The second-order valence-electron chi connectivity index (χ2n) is 7.04. The lowest BCUT2D eigenvalue weighted by molar-refractivity contribution is -0.129. The van der Waals surface area contributed by atoms with Gasteiger partial charge in [0.2, 0.25) is 5.91 Å². The summed E-state index contributed by atoms with van der Waals surface area (Å²) in [5.74, 6) is 0.901. The molecule has 0 unspecified atom stereocenters. The number of piperazine rings is 1. The van der Waals surface area contributed by atoms with E-state index in [0.717, 1.165) is 54.6 Å². The van der Waals surface area contributed by atoms with Gasteiger partial charge >= 0.3 is 0 Å². The van der Waals surface area contributed by atoms with Gasteiger partial charge in [-0.15, -0.1) is 0 Å². The molecule has 2 N–H and O–H groups in total. The Labute approximate surface area is 164 Å². The number of imidazole rings is 1. The number of hydrogen-bond acceptors (Lipinski definition) is 6. The normalized spacial score (nSPS) is 14.3. The van der Waals surface area contributed by atoms with Gasteiger partial charge in [-0.05, 0) is 12.1 Å². The highest BCUT2D eigenvalue weighted by Crippen LogP contribution is 2.29. The average Bonchev–Trinajstić information content (AvgIpc) is 3.11. The van der Waals surface area contributed by atoms with Crippen molar-refractivity contribution in [2.75, 3.05) is 57.0 Å². The number of rotatable bonds is 5. The zero-order valence-electron chi connectivity index (χ0n) is 16.2. The Kier molecular flexibility index (Phi) is 5.12. The van der Waals surface area contributed by atoms with Crippen molar-refractivity contribution >= 4 is 23.1 Å². The third-order valence-electron chi connectivity index (χ3n) is 4.96. The van der Waals surface area contributed by atoms with Crippen LogP contribution in [0.5, 0.6) is 0 Å². The zero-order valence-corrected chi connectivity index (χ0v) is 16.2. The van der Waals surface area contributed by atoms with Crippen molar-refractivity contribution in [2.45, 2.75) is 0 Å². The van der Waals surface area contributed by atoms with Gasteiger partial charge < -0.3 is 20.4 Å². The summed E-state index contributed by atoms with van der Waals surface area (Å²) in [4.78, 5) is 25.4. The number of anilines is 2. The van der Waals surface area contributed by atoms with E-state index >= 15 is 0 Å². The van der Waals surface area contributed by atoms with Crippen LogP contribution in [0.2, 0.25) is 0 Å². The summed E-state index contributed by atoms with van der Waals surface area (Å²) >= 11 is 0. The fraction of sp³-hybridized carbons (Fsp3) is 0.350. The van der Waals surface area contributed by atoms with E-state index in [-0.39, 0.29) is 12.5 Å². The first-order chi connectivity index (χ1) is 13.6. The summed E-state index contributed by atoms with van der Waals surface area (Å²) in [6, 6.07) is 8.22. The van der Waals surface area contributed by atoms with Crippen LogP contribution in [-0.2, 0) is 4.79 Å². The Hall–Kier alpha value is -3.13. The van der Waals surface area contributed by atoms with Gasteiger partial charge in [0.25, 0.3) is 0 Å². The predicted octanol–water partition coefficient (Wildman–Crippen LogP) is 1.31. The van der Waals surface area contributed by atoms with Gasteiger partial charge in [-0.1, -0.05) is 12.1 Å². The lowest BCUT2D eigenvalue weighted by Gasteiger charge is -2.27. The highest BCUT2D eigenvalue weighted by atomic mass is 16.2. The van der Waals surface area contributed by atoms with Crippen LogP contribution in [0.25, 0.3) is 16.9 Å². The molecule has 3 aromatic rings. The molecule has 3 heterocycles. The SMILES string of the molecule is CN(C)c1ccc(-c2nc3cnccn3c2NCC(=O)N2CCNCC2)cc1. The minimum absolute atomic E-state index is 0.0967. The summed E-state index contributed by atoms with van der Waals surface area (Å²) < 4.78 is 1.94. The molecule has 0 spiro atoms. The Morgan fingerprint density at radius 3 is 2.68 bits per heavy atom. The summed E-state index contributed by atoms with van der Waals surface area (Å²) in [7, 11) is 4.03. The maximum Gasteiger partial charge on any atom is 0.242 e. The summed E-state index contributed by atoms with van der Waals surface area (Å²) in [5, 5.41) is 6.59. The Morgan fingerprint density at radius 1 is 1.21 bits per heavy atom. The van der Waals surface area contributed by atoms with E-state index in [4.69, 9.17) is 4.98 Å². The molecule has 1 aliphatic heterocycles. The third-order valence-corrected chi connectivity index (χ3v) is 4.96. The number of aromatic nitrogens is 3. The second-order valence-corrected chi connectivity index (χ2v) is 7.04. The van der Waals surface area contributed by atoms with Crippen molar-refractivity contribution in [1.82, 2.24) is 24.6 Å². The maximum absolute atomic E-state index is 12.6. The minimum Gasteiger partial charge on any atom is -0.378 e. The van der Waals surface area contributed by atoms with Crippen molar-refractivity contribution in [1.29, 1.82) is 0 Å². The molecule has 0 saturated carbocycles. The molecule has 1 amide bonds. The topological polar surface area (TPSA) is 77.8 Å². The van der Waals surface area contributed by atoms with Crippen LogP contribution in [0.1, 0.15) is 0 Å². The Balaban J connectivity index is 1.62. The standard InChI is InChI=1S/C20H25N7O/c1-25(2)16-5-3-15(4-6-16)19-20(27-12-9-22-13-17(27)24-19)23-14-18(28)26-10-7-21-8-11-26/h3-6,9,12-13,21,23H,7-8,10-11,14H2,1-2H3. The summed E-state index contributed by atoms with van der Waals surface area (Å²) in [6.07, 6.45) is 5.30. The van der Waals surface area contributed by atoms with E-state index in [1.54, 1.807) is 12.4 Å². The van der Waals surface area contributed by atoms with Crippen molar-refractivity contribution in [2.24, 2.45) is 0 Å². The Bertz CT molecular complexity index is 958. The van der Waals surface area contributed by atoms with Gasteiger partial charge in [0.1, 0.15) is 11.5 Å². The summed E-state index contributed by atoms with van der Waals surface area (Å²) in [5.41, 5.74) is 3.67. The van der Waals surface area contributed by atoms with E-state index in [1.165, 1.54) is 0 Å². The van der Waals surface area contributed by atoms with Gasteiger partial charge in [-0.25, -0.2) is 4.98 Å². The van der Waals surface area contributed by atoms with Crippen LogP contribution in [0.4, 0.5) is 11.5 Å². The quantitative estimate of drug-likeness (QED) is 0.696. The van der Waals surface area contributed by atoms with Gasteiger partial charge in [-0.3, -0.25) is 14.2 Å². The molecular weight excluding hydrogens is 354 g/mol. The van der Waals surface area contributed by atoms with E-state index < -0.39 is 0 Å². The third kappa shape index (κ3) is 3.63. The first kappa shape index (κ1) is 18.2. The molecule has 8 heteroatoms. The van der Waals surface area contributed by atoms with Gasteiger partial charge in [0, 0.05) is 63.9 Å². The lowest BCUT2D eigenvalue weighted by atomic mass is 10.1. The number of nitrogens with zero attached hydrogens (tertiary/aromatic N) is 5. The van der Waals surface area contributed by atoms with Crippen LogP contribution < -0.4 is 15.5 Å². The molecule has 146 valence electrons. The molecule has 8 nitrogen and oxygen atoms in total. The number of fused-ring (bicyclic) bond motifs is 1. The molecule has 2 aromatic heterocycles. The van der Waals surface area contributed by atoms with Crippen LogP contribution in [-0.4, -0.2) is 72.0 Å². The fourth-order valence-corrected chi connectivity index (χ4v) is 3.38. The van der Waals surface area contributed by atoms with Crippen molar-refractivity contribution in [3.63, 3.8) is 0 Å². The summed E-state index contributed by atoms with van der Waals surface area (Å²) in [6.45, 7) is 3.42. The first-order valence-electron chi connectivity index (χ1n) is 9.45. The number of amides is 1. The molecule has 0 bridgehead atoms. The highest BCUT2D eigenvalue weighted by Gasteiger charge is 2.19. The molecule has 0 radical (unpaired) electrons. The van der Waals surface area contributed by atoms with E-state index in [1.807, 2.05) is 41.7 Å². The van der Waals surface area contributed by atoms with Crippen molar-refractivity contribution in [3.05, 3.63) is 42.9 Å². The van der Waals surface area contributed by atoms with E-state index in [9.17, 15) is 4.79 Å². The number of carbonyl (C=O) groups is 1. The molecule has 1 aromatic carbocycles. The van der Waals surface area contributed by atoms with Crippen LogP contribution in [0, 0.1) is 0 Å². The molecule has 1 saturated heterocycles. The zero-order chi connectivity index (χ0) is 19.5. The van der Waals surface area contributed by atoms with Crippen LogP contribution >= 0.6 is 0 Å². The maximum atomic E-state index is 12.6. The van der Waals surface area contributed by atoms with E-state index in [2.05, 4.69) is 32.7 Å². The minimum atomic E-state index is 0.0967. The monoisotopic (exact) mass is 379 g/mol. The first-order valence-corrected chi connectivity index (χ1v) is 9.45. The van der Waals surface area contributed by atoms with Crippen LogP contribution in [0.15, 0.2) is 42.9 Å². The fourth-order valence-electron chi connectivity index (χ4n) is 3.38. The Morgan fingerprint density at radius 2 is 1.96 bits per heavy atom. The molecular formula is C20H25N7O. The van der Waals surface area contributed by atoms with Gasteiger partial charge in [0.05, 0.1) is 12.7 Å². The second kappa shape index (κ2) is 7.85. The average molecular weight is 379 g/mol. The molecule has 1 fully saturated rings. The lowest BCUT2D eigenvalue weighted by Crippen LogP contribution is -2.48. The number of hydrogen-bond donors (Lipinski definition) is 2. The van der Waals surface area contributed by atoms with Gasteiger partial charge in [0.15, 0.2) is 5.65 Å². The molecule has 1 aliphatic rings. The largest absolute Gasteiger partial charge is 0.378 e. The van der Waals surface area contributed by atoms with E-state index in [0.29, 0.717) is 0 Å². The van der Waals surface area contributed by atoms with Crippen molar-refractivity contribution < 1.29 is 4.79 Å². The van der Waals surface area contributed by atoms with Crippen molar-refractivity contribution in [3.8, 4) is 11.3 Å². The van der Waals surface area contributed by atoms with Crippen LogP contribution in [0.3, 0.4) is 0 Å². The predicted molar refractivity (Wildman–Crippen MR) is 111 cm³/mol. The van der Waals surface area contributed by atoms with Gasteiger partial charge in [-0.2, -0.15) is 0 Å². The molecule has 0 aliphatic carbocycles. The molecule has 0 atom stereocenters. The molecule has 4 rings (SSSR count). The number of benzene rings is 1. The smallest absolute Gasteiger partial charge is 0.242 e. The number of carbonyl (C=O) groups excluding carboxylic acids is 1. The number of nitrogens with one attached hydrogen (secondary N) is 2. The molecule has 28 heavy (non-hydrogen) atoms.